The number of furan rings is 1. The second-order valence-electron chi connectivity index (χ2n) is 3.61. The number of benzene rings is 1. The molecule has 2 aromatic rings. The highest BCUT2D eigenvalue weighted by Crippen LogP contribution is 2.41. The first-order chi connectivity index (χ1) is 8.67. The van der Waals surface area contributed by atoms with Gasteiger partial charge in [-0.2, -0.15) is 0 Å². The fourth-order valence-electron chi connectivity index (χ4n) is 1.67. The predicted octanol–water partition coefficient (Wildman–Crippen LogP) is 4.54. The Labute approximate surface area is 122 Å². The molecule has 3 nitrogen and oxygen atoms in total. The summed E-state index contributed by atoms with van der Waals surface area (Å²) in [5.74, 6) is 2.33. The lowest BCUT2D eigenvalue weighted by Crippen LogP contribution is -1.98. The van der Waals surface area contributed by atoms with E-state index in [0.717, 1.165) is 27.3 Å². The van der Waals surface area contributed by atoms with E-state index in [1.165, 1.54) is 0 Å². The molecule has 0 amide bonds. The maximum atomic E-state index is 5.40. The molecule has 0 aliphatic heterocycles. The number of rotatable bonds is 4. The van der Waals surface area contributed by atoms with Gasteiger partial charge in [-0.15, -0.1) is 0 Å². The van der Waals surface area contributed by atoms with Crippen LogP contribution in [-0.4, -0.2) is 14.2 Å². The van der Waals surface area contributed by atoms with Crippen molar-refractivity contribution < 1.29 is 13.9 Å². The van der Waals surface area contributed by atoms with E-state index in [9.17, 15) is 0 Å². The summed E-state index contributed by atoms with van der Waals surface area (Å²) in [5, 5.41) is 0. The number of ether oxygens (including phenoxy) is 2. The largest absolute Gasteiger partial charge is 0.496 e. The van der Waals surface area contributed by atoms with Crippen LogP contribution >= 0.6 is 31.9 Å². The molecule has 0 saturated heterocycles. The van der Waals surface area contributed by atoms with Crippen molar-refractivity contribution in [2.45, 2.75) is 4.83 Å². The van der Waals surface area contributed by atoms with Crippen molar-refractivity contribution >= 4 is 31.9 Å². The quantitative estimate of drug-likeness (QED) is 0.735. The molecule has 1 aromatic carbocycles. The lowest BCUT2D eigenvalue weighted by atomic mass is 10.1. The summed E-state index contributed by atoms with van der Waals surface area (Å²) < 4.78 is 16.9. The fraction of sp³-hybridized carbons (Fsp3) is 0.231. The first-order valence-electron chi connectivity index (χ1n) is 5.26. The van der Waals surface area contributed by atoms with E-state index in [4.69, 9.17) is 13.9 Å². The Morgan fingerprint density at radius 3 is 2.44 bits per heavy atom. The highest BCUT2D eigenvalue weighted by Gasteiger charge is 2.20. The molecule has 0 aliphatic carbocycles. The molecule has 96 valence electrons. The van der Waals surface area contributed by atoms with Crippen LogP contribution in [-0.2, 0) is 0 Å². The smallest absolute Gasteiger partial charge is 0.133 e. The average Bonchev–Trinajstić information content (AvgIpc) is 2.91. The van der Waals surface area contributed by atoms with Gasteiger partial charge in [-0.3, -0.25) is 0 Å². The number of hydrogen-bond donors (Lipinski definition) is 0. The normalized spacial score (nSPS) is 12.2. The molecule has 0 spiro atoms. The van der Waals surface area contributed by atoms with Crippen molar-refractivity contribution in [3.8, 4) is 11.5 Å². The van der Waals surface area contributed by atoms with Crippen LogP contribution < -0.4 is 9.47 Å². The molecule has 2 rings (SSSR count). The Morgan fingerprint density at radius 1 is 1.17 bits per heavy atom. The zero-order chi connectivity index (χ0) is 13.1. The monoisotopic (exact) mass is 374 g/mol. The van der Waals surface area contributed by atoms with Gasteiger partial charge in [0.15, 0.2) is 0 Å². The zero-order valence-corrected chi connectivity index (χ0v) is 13.1. The van der Waals surface area contributed by atoms with E-state index in [-0.39, 0.29) is 4.83 Å². The topological polar surface area (TPSA) is 31.6 Å². The standard InChI is InChI=1S/C13H12Br2O3/c1-16-11-7-9(14)12(17-2)6-8(11)13(15)10-4-3-5-18-10/h3-7,13H,1-2H3. The van der Waals surface area contributed by atoms with Gasteiger partial charge in [0.25, 0.3) is 0 Å². The molecule has 0 bridgehead atoms. The Bertz CT molecular complexity index is 523. The number of methoxy groups -OCH3 is 2. The van der Waals surface area contributed by atoms with E-state index >= 15 is 0 Å². The fourth-order valence-corrected chi connectivity index (χ4v) is 2.77. The predicted molar refractivity (Wildman–Crippen MR) is 76.7 cm³/mol. The van der Waals surface area contributed by atoms with E-state index in [1.54, 1.807) is 20.5 Å². The maximum absolute atomic E-state index is 5.40. The summed E-state index contributed by atoms with van der Waals surface area (Å²) in [5.41, 5.74) is 0.951. The van der Waals surface area contributed by atoms with Crippen LogP contribution in [0.15, 0.2) is 39.4 Å². The van der Waals surface area contributed by atoms with Crippen LogP contribution in [0.2, 0.25) is 0 Å². The Hall–Kier alpha value is -0.940. The zero-order valence-electron chi connectivity index (χ0n) is 9.94. The minimum Gasteiger partial charge on any atom is -0.496 e. The second kappa shape index (κ2) is 5.80. The molecule has 5 heteroatoms. The molecule has 1 aromatic heterocycles. The summed E-state index contributed by atoms with van der Waals surface area (Å²) in [6.45, 7) is 0. The van der Waals surface area contributed by atoms with Crippen molar-refractivity contribution in [1.29, 1.82) is 0 Å². The van der Waals surface area contributed by atoms with Crippen LogP contribution in [0.25, 0.3) is 0 Å². The summed E-state index contributed by atoms with van der Waals surface area (Å²) in [4.78, 5) is -0.0792. The first kappa shape index (κ1) is 13.5. The first-order valence-corrected chi connectivity index (χ1v) is 6.97. The van der Waals surface area contributed by atoms with Crippen molar-refractivity contribution in [3.63, 3.8) is 0 Å². The van der Waals surface area contributed by atoms with Gasteiger partial charge >= 0.3 is 0 Å². The molecular weight excluding hydrogens is 364 g/mol. The molecule has 0 N–H and O–H groups in total. The summed E-state index contributed by atoms with van der Waals surface area (Å²) in [7, 11) is 3.27. The highest BCUT2D eigenvalue weighted by molar-refractivity contribution is 9.10. The third-order valence-electron chi connectivity index (χ3n) is 2.57. The third-order valence-corrected chi connectivity index (χ3v) is 4.13. The van der Waals surface area contributed by atoms with Gasteiger partial charge in [-0.1, -0.05) is 15.9 Å². The lowest BCUT2D eigenvalue weighted by Gasteiger charge is -2.15. The van der Waals surface area contributed by atoms with Gasteiger partial charge in [-0.25, -0.2) is 0 Å². The van der Waals surface area contributed by atoms with Crippen molar-refractivity contribution in [3.05, 3.63) is 46.3 Å². The van der Waals surface area contributed by atoms with Gasteiger partial charge < -0.3 is 13.9 Å². The van der Waals surface area contributed by atoms with Gasteiger partial charge in [0, 0.05) is 5.56 Å². The molecule has 0 fully saturated rings. The van der Waals surface area contributed by atoms with Crippen molar-refractivity contribution in [1.82, 2.24) is 0 Å². The van der Waals surface area contributed by atoms with E-state index in [0.29, 0.717) is 0 Å². The van der Waals surface area contributed by atoms with E-state index in [2.05, 4.69) is 31.9 Å². The highest BCUT2D eigenvalue weighted by atomic mass is 79.9. The molecule has 1 atom stereocenters. The number of alkyl halides is 1. The minimum atomic E-state index is -0.0792. The molecule has 1 heterocycles. The summed E-state index contributed by atoms with van der Waals surface area (Å²) in [6.07, 6.45) is 1.64. The number of hydrogen-bond acceptors (Lipinski definition) is 3. The van der Waals surface area contributed by atoms with Gasteiger partial charge in [0.2, 0.25) is 0 Å². The minimum absolute atomic E-state index is 0.0792. The van der Waals surface area contributed by atoms with Gasteiger partial charge in [0.1, 0.15) is 22.1 Å². The summed E-state index contributed by atoms with van der Waals surface area (Å²) in [6, 6.07) is 7.57. The SMILES string of the molecule is COc1cc(C(Br)c2ccco2)c(OC)cc1Br. The molecule has 18 heavy (non-hydrogen) atoms. The van der Waals surface area contributed by atoms with E-state index < -0.39 is 0 Å². The van der Waals surface area contributed by atoms with Crippen LogP contribution in [0.1, 0.15) is 16.2 Å². The Balaban J connectivity index is 2.48. The Morgan fingerprint density at radius 2 is 1.89 bits per heavy atom. The molecular formula is C13H12Br2O3. The van der Waals surface area contributed by atoms with Crippen LogP contribution in [0.4, 0.5) is 0 Å². The average molecular weight is 376 g/mol. The third kappa shape index (κ3) is 2.57. The maximum Gasteiger partial charge on any atom is 0.133 e. The van der Waals surface area contributed by atoms with Crippen LogP contribution in [0.3, 0.4) is 0 Å². The lowest BCUT2D eigenvalue weighted by molar-refractivity contribution is 0.396. The molecule has 0 saturated carbocycles. The van der Waals surface area contributed by atoms with E-state index in [1.807, 2.05) is 24.3 Å². The molecule has 1 unspecified atom stereocenters. The van der Waals surface area contributed by atoms with Crippen molar-refractivity contribution in [2.24, 2.45) is 0 Å². The van der Waals surface area contributed by atoms with Crippen LogP contribution in [0.5, 0.6) is 11.5 Å². The summed E-state index contributed by atoms with van der Waals surface area (Å²) >= 11 is 7.04. The Kier molecular flexibility index (Phi) is 4.35. The molecule has 0 radical (unpaired) electrons. The number of halogens is 2. The van der Waals surface area contributed by atoms with Gasteiger partial charge in [-0.05, 0) is 40.2 Å². The van der Waals surface area contributed by atoms with Crippen LogP contribution in [0, 0.1) is 0 Å². The van der Waals surface area contributed by atoms with Crippen molar-refractivity contribution in [2.75, 3.05) is 14.2 Å². The van der Waals surface area contributed by atoms with Gasteiger partial charge in [0.05, 0.1) is 25.0 Å². The molecule has 0 aliphatic rings. The second-order valence-corrected chi connectivity index (χ2v) is 5.38.